The van der Waals surface area contributed by atoms with E-state index < -0.39 is 0 Å². The number of amides is 1. The first-order chi connectivity index (χ1) is 12.8. The Labute approximate surface area is 149 Å². The van der Waals surface area contributed by atoms with Crippen LogP contribution >= 0.6 is 0 Å². The zero-order valence-corrected chi connectivity index (χ0v) is 13.8. The number of anilines is 1. The van der Waals surface area contributed by atoms with E-state index >= 15 is 0 Å². The molecule has 1 N–H and O–H groups in total. The molecule has 4 aromatic rings. The van der Waals surface area contributed by atoms with Gasteiger partial charge in [0, 0.05) is 11.3 Å². The molecule has 6 heteroatoms. The molecule has 0 unspecified atom stereocenters. The minimum Gasteiger partial charge on any atom is -0.459 e. The van der Waals surface area contributed by atoms with Gasteiger partial charge in [0.05, 0.1) is 12.7 Å². The fourth-order valence-corrected chi connectivity index (χ4v) is 2.50. The molecule has 0 aliphatic rings. The standard InChI is InChI=1S/C20H15N3O3/c24-19(17-7-4-12-25-17)21-16-10-8-14(9-11-16)13-18-22-23-20(26-18)15-5-2-1-3-6-15/h1-12H,13H2,(H,21,24). The summed E-state index contributed by atoms with van der Waals surface area (Å²) in [5, 5.41) is 11.0. The van der Waals surface area contributed by atoms with Gasteiger partial charge in [0.1, 0.15) is 0 Å². The highest BCUT2D eigenvalue weighted by molar-refractivity contribution is 6.02. The van der Waals surface area contributed by atoms with Crippen LogP contribution in [0.1, 0.15) is 22.0 Å². The molecule has 6 nitrogen and oxygen atoms in total. The summed E-state index contributed by atoms with van der Waals surface area (Å²) < 4.78 is 10.8. The topological polar surface area (TPSA) is 81.2 Å². The van der Waals surface area contributed by atoms with Gasteiger partial charge in [-0.15, -0.1) is 10.2 Å². The summed E-state index contributed by atoms with van der Waals surface area (Å²) in [6.07, 6.45) is 1.98. The highest BCUT2D eigenvalue weighted by Gasteiger charge is 2.10. The summed E-state index contributed by atoms with van der Waals surface area (Å²) in [6.45, 7) is 0. The highest BCUT2D eigenvalue weighted by atomic mass is 16.4. The Balaban J connectivity index is 1.42. The number of hydrogen-bond donors (Lipinski definition) is 1. The lowest BCUT2D eigenvalue weighted by atomic mass is 10.1. The minimum absolute atomic E-state index is 0.272. The predicted octanol–water partition coefficient (Wildman–Crippen LogP) is 4.17. The largest absolute Gasteiger partial charge is 0.459 e. The third-order valence-corrected chi connectivity index (χ3v) is 3.80. The van der Waals surface area contributed by atoms with Gasteiger partial charge in [-0.25, -0.2) is 0 Å². The summed E-state index contributed by atoms with van der Waals surface area (Å²) in [6, 6.07) is 20.4. The smallest absolute Gasteiger partial charge is 0.291 e. The van der Waals surface area contributed by atoms with Crippen LogP contribution in [0.3, 0.4) is 0 Å². The van der Waals surface area contributed by atoms with E-state index in [4.69, 9.17) is 8.83 Å². The summed E-state index contributed by atoms with van der Waals surface area (Å²) in [5.41, 5.74) is 2.58. The van der Waals surface area contributed by atoms with Crippen LogP contribution in [0.4, 0.5) is 5.69 Å². The van der Waals surface area contributed by atoms with Crippen molar-refractivity contribution in [1.82, 2.24) is 10.2 Å². The molecule has 1 amide bonds. The Bertz CT molecular complexity index is 990. The van der Waals surface area contributed by atoms with Gasteiger partial charge < -0.3 is 14.2 Å². The SMILES string of the molecule is O=C(Nc1ccc(Cc2nnc(-c3ccccc3)o2)cc1)c1ccco1. The summed E-state index contributed by atoms with van der Waals surface area (Å²) >= 11 is 0. The Hall–Kier alpha value is -3.67. The molecular weight excluding hydrogens is 330 g/mol. The molecule has 0 bridgehead atoms. The van der Waals surface area contributed by atoms with E-state index in [-0.39, 0.29) is 11.7 Å². The molecule has 26 heavy (non-hydrogen) atoms. The molecule has 4 rings (SSSR count). The number of furan rings is 1. The van der Waals surface area contributed by atoms with Crippen molar-refractivity contribution in [1.29, 1.82) is 0 Å². The number of hydrogen-bond acceptors (Lipinski definition) is 5. The lowest BCUT2D eigenvalue weighted by Crippen LogP contribution is -2.10. The van der Waals surface area contributed by atoms with Crippen LogP contribution in [-0.2, 0) is 6.42 Å². The fourth-order valence-electron chi connectivity index (χ4n) is 2.50. The second-order valence-electron chi connectivity index (χ2n) is 5.67. The van der Waals surface area contributed by atoms with Crippen LogP contribution in [0.25, 0.3) is 11.5 Å². The van der Waals surface area contributed by atoms with Crippen LogP contribution < -0.4 is 5.32 Å². The Morgan fingerprint density at radius 2 is 1.73 bits per heavy atom. The van der Waals surface area contributed by atoms with E-state index in [1.165, 1.54) is 6.26 Å². The van der Waals surface area contributed by atoms with Crippen molar-refractivity contribution in [2.75, 3.05) is 5.32 Å². The van der Waals surface area contributed by atoms with E-state index in [9.17, 15) is 4.79 Å². The fraction of sp³-hybridized carbons (Fsp3) is 0.0500. The van der Waals surface area contributed by atoms with Crippen molar-refractivity contribution in [3.63, 3.8) is 0 Å². The number of nitrogens with zero attached hydrogens (tertiary/aromatic N) is 2. The molecule has 0 saturated carbocycles. The number of nitrogens with one attached hydrogen (secondary N) is 1. The Kier molecular flexibility index (Phi) is 4.30. The van der Waals surface area contributed by atoms with E-state index in [0.29, 0.717) is 23.9 Å². The first-order valence-corrected chi connectivity index (χ1v) is 8.09. The van der Waals surface area contributed by atoms with Gasteiger partial charge in [-0.05, 0) is 42.0 Å². The van der Waals surface area contributed by atoms with Crippen LogP contribution in [0.2, 0.25) is 0 Å². The van der Waals surface area contributed by atoms with E-state index in [1.807, 2.05) is 54.6 Å². The van der Waals surface area contributed by atoms with E-state index in [0.717, 1.165) is 11.1 Å². The monoisotopic (exact) mass is 345 g/mol. The first kappa shape index (κ1) is 15.8. The molecule has 128 valence electrons. The average Bonchev–Trinajstić information content (AvgIpc) is 3.36. The third kappa shape index (κ3) is 3.54. The van der Waals surface area contributed by atoms with Gasteiger partial charge in [-0.3, -0.25) is 4.79 Å². The molecule has 0 saturated heterocycles. The van der Waals surface area contributed by atoms with Crippen LogP contribution in [0, 0.1) is 0 Å². The molecular formula is C20H15N3O3. The number of benzene rings is 2. The molecule has 0 aliphatic carbocycles. The first-order valence-electron chi connectivity index (χ1n) is 8.09. The van der Waals surface area contributed by atoms with Gasteiger partial charge in [0.15, 0.2) is 5.76 Å². The zero-order chi connectivity index (χ0) is 17.8. The minimum atomic E-state index is -0.285. The van der Waals surface area contributed by atoms with Crippen molar-refractivity contribution in [2.45, 2.75) is 6.42 Å². The van der Waals surface area contributed by atoms with Crippen molar-refractivity contribution in [2.24, 2.45) is 0 Å². The Morgan fingerprint density at radius 3 is 2.46 bits per heavy atom. The van der Waals surface area contributed by atoms with Crippen LogP contribution in [0.15, 0.2) is 81.8 Å². The van der Waals surface area contributed by atoms with E-state index in [2.05, 4.69) is 15.5 Å². The maximum Gasteiger partial charge on any atom is 0.291 e. The number of carbonyl (C=O) groups is 1. The van der Waals surface area contributed by atoms with Gasteiger partial charge in [0.2, 0.25) is 11.8 Å². The molecule has 0 fully saturated rings. The molecule has 2 heterocycles. The maximum atomic E-state index is 12.0. The number of rotatable bonds is 5. The van der Waals surface area contributed by atoms with Gasteiger partial charge in [-0.2, -0.15) is 0 Å². The zero-order valence-electron chi connectivity index (χ0n) is 13.8. The molecule has 0 atom stereocenters. The normalized spacial score (nSPS) is 10.6. The lowest BCUT2D eigenvalue weighted by Gasteiger charge is -2.04. The van der Waals surface area contributed by atoms with Crippen LogP contribution in [0.5, 0.6) is 0 Å². The molecule has 2 aromatic heterocycles. The summed E-state index contributed by atoms with van der Waals surface area (Å²) in [5.74, 6) is 1.03. The van der Waals surface area contributed by atoms with Gasteiger partial charge in [0.25, 0.3) is 5.91 Å². The number of aromatic nitrogens is 2. The summed E-state index contributed by atoms with van der Waals surface area (Å²) in [7, 11) is 0. The molecule has 0 aliphatic heterocycles. The van der Waals surface area contributed by atoms with Gasteiger partial charge in [-0.1, -0.05) is 30.3 Å². The second-order valence-corrected chi connectivity index (χ2v) is 5.67. The molecule has 0 spiro atoms. The van der Waals surface area contributed by atoms with Crippen LogP contribution in [-0.4, -0.2) is 16.1 Å². The predicted molar refractivity (Wildman–Crippen MR) is 95.6 cm³/mol. The van der Waals surface area contributed by atoms with Gasteiger partial charge >= 0.3 is 0 Å². The molecule has 2 aromatic carbocycles. The third-order valence-electron chi connectivity index (χ3n) is 3.80. The number of carbonyl (C=O) groups excluding carboxylic acids is 1. The van der Waals surface area contributed by atoms with Crippen molar-refractivity contribution >= 4 is 11.6 Å². The van der Waals surface area contributed by atoms with E-state index in [1.54, 1.807) is 12.1 Å². The maximum absolute atomic E-state index is 12.0. The van der Waals surface area contributed by atoms with Crippen molar-refractivity contribution in [3.8, 4) is 11.5 Å². The average molecular weight is 345 g/mol. The quantitative estimate of drug-likeness (QED) is 0.587. The molecule has 0 radical (unpaired) electrons. The summed E-state index contributed by atoms with van der Waals surface area (Å²) in [4.78, 5) is 12.0. The van der Waals surface area contributed by atoms with Crippen molar-refractivity contribution < 1.29 is 13.6 Å². The van der Waals surface area contributed by atoms with Crippen molar-refractivity contribution in [3.05, 3.63) is 90.2 Å². The second kappa shape index (κ2) is 7.06. The lowest BCUT2D eigenvalue weighted by molar-refractivity contribution is 0.0996. The Morgan fingerprint density at radius 1 is 0.923 bits per heavy atom. The highest BCUT2D eigenvalue weighted by Crippen LogP contribution is 2.19.